The molecule has 4 heteroatoms. The molecule has 0 aliphatic heterocycles. The van der Waals surface area contributed by atoms with Crippen LogP contribution in [0.5, 0.6) is 0 Å². The summed E-state index contributed by atoms with van der Waals surface area (Å²) >= 11 is 5.89. The maximum absolute atomic E-state index is 8.57. The molecule has 3 nitrogen and oxygen atoms in total. The second-order valence-electron chi connectivity index (χ2n) is 2.72. The molecule has 2 N–H and O–H groups in total. The van der Waals surface area contributed by atoms with Crippen LogP contribution in [-0.4, -0.2) is 4.98 Å². The van der Waals surface area contributed by atoms with Crippen LogP contribution in [0.25, 0.3) is 0 Å². The normalized spacial score (nSPS) is 12.2. The van der Waals surface area contributed by atoms with Crippen molar-refractivity contribution in [3.63, 3.8) is 0 Å². The summed E-state index contributed by atoms with van der Waals surface area (Å²) < 4.78 is 0. The lowest BCUT2D eigenvalue weighted by Gasteiger charge is -2.09. The van der Waals surface area contributed by atoms with Gasteiger partial charge in [-0.15, -0.1) is 0 Å². The monoisotopic (exact) mass is 195 g/mol. The van der Waals surface area contributed by atoms with Crippen LogP contribution in [0.4, 0.5) is 0 Å². The SMILES string of the molecule is CC[C@@H](N)c1ncc(C#N)cc1Cl. The Kier molecular flexibility index (Phi) is 3.24. The molecule has 0 spiro atoms. The van der Waals surface area contributed by atoms with Crippen molar-refractivity contribution in [1.29, 1.82) is 5.26 Å². The van der Waals surface area contributed by atoms with E-state index in [2.05, 4.69) is 4.98 Å². The number of nitriles is 1. The lowest BCUT2D eigenvalue weighted by atomic mass is 10.1. The summed E-state index contributed by atoms with van der Waals surface area (Å²) in [6.07, 6.45) is 2.26. The highest BCUT2D eigenvalue weighted by atomic mass is 35.5. The van der Waals surface area contributed by atoms with Crippen molar-refractivity contribution in [1.82, 2.24) is 4.98 Å². The average Bonchev–Trinajstić information content (AvgIpc) is 2.16. The molecule has 68 valence electrons. The zero-order valence-electron chi connectivity index (χ0n) is 7.29. The van der Waals surface area contributed by atoms with Crippen molar-refractivity contribution < 1.29 is 0 Å². The number of rotatable bonds is 2. The van der Waals surface area contributed by atoms with E-state index in [4.69, 9.17) is 22.6 Å². The smallest absolute Gasteiger partial charge is 0.101 e. The second-order valence-corrected chi connectivity index (χ2v) is 3.12. The van der Waals surface area contributed by atoms with E-state index in [1.807, 2.05) is 13.0 Å². The van der Waals surface area contributed by atoms with Crippen LogP contribution >= 0.6 is 11.6 Å². The summed E-state index contributed by atoms with van der Waals surface area (Å²) in [5, 5.41) is 9.03. The Bertz CT molecular complexity index is 343. The van der Waals surface area contributed by atoms with Crippen LogP contribution in [0.3, 0.4) is 0 Å². The second kappa shape index (κ2) is 4.22. The largest absolute Gasteiger partial charge is 0.323 e. The number of aromatic nitrogens is 1. The quantitative estimate of drug-likeness (QED) is 0.785. The third-order valence-corrected chi connectivity index (χ3v) is 2.09. The Balaban J connectivity index is 3.07. The number of halogens is 1. The van der Waals surface area contributed by atoms with Crippen LogP contribution < -0.4 is 5.73 Å². The summed E-state index contributed by atoms with van der Waals surface area (Å²) in [5.41, 5.74) is 6.87. The van der Waals surface area contributed by atoms with Crippen LogP contribution in [0.1, 0.15) is 30.6 Å². The fourth-order valence-electron chi connectivity index (χ4n) is 0.976. The van der Waals surface area contributed by atoms with Crippen molar-refractivity contribution in [2.45, 2.75) is 19.4 Å². The predicted octanol–water partition coefficient (Wildman–Crippen LogP) is 2.02. The highest BCUT2D eigenvalue weighted by Crippen LogP contribution is 2.21. The molecule has 0 saturated heterocycles. The van der Waals surface area contributed by atoms with Crippen molar-refractivity contribution in [3.05, 3.63) is 28.5 Å². The Hall–Kier alpha value is -1.11. The maximum atomic E-state index is 8.57. The van der Waals surface area contributed by atoms with Crippen LogP contribution in [0.15, 0.2) is 12.3 Å². The number of hydrogen-bond donors (Lipinski definition) is 1. The Morgan fingerprint density at radius 3 is 2.92 bits per heavy atom. The van der Waals surface area contributed by atoms with Crippen molar-refractivity contribution in [3.8, 4) is 6.07 Å². The van der Waals surface area contributed by atoms with E-state index in [1.54, 1.807) is 6.07 Å². The molecule has 1 heterocycles. The highest BCUT2D eigenvalue weighted by Gasteiger charge is 2.09. The first-order valence-corrected chi connectivity index (χ1v) is 4.38. The summed E-state index contributed by atoms with van der Waals surface area (Å²) in [5.74, 6) is 0. The minimum atomic E-state index is -0.153. The standard InChI is InChI=1S/C9H10ClN3/c1-2-8(12)9-7(10)3-6(4-11)5-13-9/h3,5,8H,2,12H2,1H3/t8-/m1/s1. The summed E-state index contributed by atoms with van der Waals surface area (Å²) in [7, 11) is 0. The molecule has 1 atom stereocenters. The number of nitrogens with two attached hydrogens (primary N) is 1. The Morgan fingerprint density at radius 1 is 1.77 bits per heavy atom. The number of pyridine rings is 1. The zero-order valence-corrected chi connectivity index (χ0v) is 8.04. The van der Waals surface area contributed by atoms with E-state index in [0.29, 0.717) is 16.3 Å². The molecule has 0 aliphatic rings. The molecule has 1 rings (SSSR count). The molecule has 0 fully saturated rings. The van der Waals surface area contributed by atoms with Gasteiger partial charge in [0, 0.05) is 12.2 Å². The molecule has 13 heavy (non-hydrogen) atoms. The van der Waals surface area contributed by atoms with Gasteiger partial charge < -0.3 is 5.73 Å². The number of hydrogen-bond acceptors (Lipinski definition) is 3. The molecular weight excluding hydrogens is 186 g/mol. The first-order valence-electron chi connectivity index (χ1n) is 4.00. The molecule has 0 aromatic carbocycles. The molecule has 0 unspecified atom stereocenters. The van der Waals surface area contributed by atoms with E-state index in [-0.39, 0.29) is 6.04 Å². The van der Waals surface area contributed by atoms with Gasteiger partial charge in [-0.3, -0.25) is 4.98 Å². The first kappa shape index (κ1) is 9.97. The van der Waals surface area contributed by atoms with Gasteiger partial charge in [0.1, 0.15) is 6.07 Å². The maximum Gasteiger partial charge on any atom is 0.101 e. The van der Waals surface area contributed by atoms with Gasteiger partial charge >= 0.3 is 0 Å². The minimum Gasteiger partial charge on any atom is -0.323 e. The molecule has 0 amide bonds. The van der Waals surface area contributed by atoms with Crippen molar-refractivity contribution >= 4 is 11.6 Å². The van der Waals surface area contributed by atoms with Gasteiger partial charge in [-0.25, -0.2) is 0 Å². The molecule has 1 aromatic heterocycles. The lowest BCUT2D eigenvalue weighted by Crippen LogP contribution is -2.11. The Morgan fingerprint density at radius 2 is 2.46 bits per heavy atom. The molecule has 0 radical (unpaired) electrons. The summed E-state index contributed by atoms with van der Waals surface area (Å²) in [6, 6.07) is 3.39. The third kappa shape index (κ3) is 2.18. The summed E-state index contributed by atoms with van der Waals surface area (Å²) in [4.78, 5) is 4.04. The van der Waals surface area contributed by atoms with E-state index in [9.17, 15) is 0 Å². The zero-order chi connectivity index (χ0) is 9.84. The Labute approximate surface area is 82.1 Å². The molecule has 0 saturated carbocycles. The molecule has 1 aromatic rings. The predicted molar refractivity (Wildman–Crippen MR) is 51.2 cm³/mol. The van der Waals surface area contributed by atoms with Crippen molar-refractivity contribution in [2.24, 2.45) is 5.73 Å². The van der Waals surface area contributed by atoms with Crippen molar-refractivity contribution in [2.75, 3.05) is 0 Å². The minimum absolute atomic E-state index is 0.153. The fourth-order valence-corrected chi connectivity index (χ4v) is 1.28. The molecule has 0 bridgehead atoms. The number of nitrogens with zero attached hydrogens (tertiary/aromatic N) is 2. The highest BCUT2D eigenvalue weighted by molar-refractivity contribution is 6.31. The van der Waals surface area contributed by atoms with E-state index in [0.717, 1.165) is 6.42 Å². The van der Waals surface area contributed by atoms with E-state index < -0.39 is 0 Å². The van der Waals surface area contributed by atoms with Gasteiger partial charge in [-0.1, -0.05) is 18.5 Å². The molecule has 0 aliphatic carbocycles. The van der Waals surface area contributed by atoms with Crippen LogP contribution in [0.2, 0.25) is 5.02 Å². The van der Waals surface area contributed by atoms with Gasteiger partial charge in [-0.2, -0.15) is 5.26 Å². The summed E-state index contributed by atoms with van der Waals surface area (Å²) in [6.45, 7) is 1.96. The van der Waals surface area contributed by atoms with Gasteiger partial charge in [0.2, 0.25) is 0 Å². The van der Waals surface area contributed by atoms with Gasteiger partial charge in [-0.05, 0) is 12.5 Å². The van der Waals surface area contributed by atoms with Gasteiger partial charge in [0.15, 0.2) is 0 Å². The molecular formula is C9H10ClN3. The third-order valence-electron chi connectivity index (χ3n) is 1.79. The average molecular weight is 196 g/mol. The first-order chi connectivity index (χ1) is 6.19. The van der Waals surface area contributed by atoms with Crippen LogP contribution in [-0.2, 0) is 0 Å². The van der Waals surface area contributed by atoms with E-state index in [1.165, 1.54) is 6.20 Å². The van der Waals surface area contributed by atoms with E-state index >= 15 is 0 Å². The topological polar surface area (TPSA) is 62.7 Å². The van der Waals surface area contributed by atoms with Gasteiger partial charge in [0.25, 0.3) is 0 Å². The van der Waals surface area contributed by atoms with Crippen LogP contribution in [0, 0.1) is 11.3 Å². The lowest BCUT2D eigenvalue weighted by molar-refractivity contribution is 0.675. The van der Waals surface area contributed by atoms with Gasteiger partial charge in [0.05, 0.1) is 16.3 Å². The fraction of sp³-hybridized carbons (Fsp3) is 0.333.